The number of aromatic nitrogens is 1. The zero-order chi connectivity index (χ0) is 11.8. The number of nitrogens with zero attached hydrogens (tertiary/aromatic N) is 1. The molecule has 0 amide bonds. The number of thiophene rings is 1. The van der Waals surface area contributed by atoms with E-state index >= 15 is 0 Å². The van der Waals surface area contributed by atoms with Gasteiger partial charge >= 0.3 is 0 Å². The van der Waals surface area contributed by atoms with E-state index in [1.165, 1.54) is 11.3 Å². The summed E-state index contributed by atoms with van der Waals surface area (Å²) in [6.45, 7) is 1.99. The topological polar surface area (TPSA) is 43.1 Å². The van der Waals surface area contributed by atoms with Gasteiger partial charge < -0.3 is 4.52 Å². The molecule has 0 bridgehead atoms. The van der Waals surface area contributed by atoms with Crippen LogP contribution in [0.1, 0.15) is 21.7 Å². The molecule has 0 atom stereocenters. The van der Waals surface area contributed by atoms with Crippen LogP contribution in [0.25, 0.3) is 10.2 Å². The highest BCUT2D eigenvalue weighted by Crippen LogP contribution is 2.26. The first-order chi connectivity index (χ1) is 8.25. The summed E-state index contributed by atoms with van der Waals surface area (Å²) in [6, 6.07) is 9.28. The van der Waals surface area contributed by atoms with Crippen molar-refractivity contribution in [2.24, 2.45) is 0 Å². The third kappa shape index (κ3) is 1.66. The van der Waals surface area contributed by atoms with Gasteiger partial charge in [0.1, 0.15) is 10.2 Å². The molecule has 17 heavy (non-hydrogen) atoms. The zero-order valence-corrected chi connectivity index (χ0v) is 9.95. The predicted molar refractivity (Wildman–Crippen MR) is 66.5 cm³/mol. The molecule has 84 valence electrons. The lowest BCUT2D eigenvalue weighted by Gasteiger charge is -1.97. The van der Waals surface area contributed by atoms with E-state index in [1.54, 1.807) is 12.1 Å². The monoisotopic (exact) mass is 243 g/mol. The van der Waals surface area contributed by atoms with Crippen molar-refractivity contribution in [1.82, 2.24) is 5.16 Å². The van der Waals surface area contributed by atoms with Crippen molar-refractivity contribution in [2.75, 3.05) is 0 Å². The Morgan fingerprint density at radius 3 is 2.76 bits per heavy atom. The number of aryl methyl sites for hydroxylation is 1. The lowest BCUT2D eigenvalue weighted by molar-refractivity contribution is 0.100. The van der Waals surface area contributed by atoms with Crippen LogP contribution in [0, 0.1) is 6.92 Å². The van der Waals surface area contributed by atoms with E-state index < -0.39 is 0 Å². The van der Waals surface area contributed by atoms with Crippen molar-refractivity contribution in [3.63, 3.8) is 0 Å². The summed E-state index contributed by atoms with van der Waals surface area (Å²) in [7, 11) is 0. The van der Waals surface area contributed by atoms with Crippen molar-refractivity contribution in [3.05, 3.63) is 52.6 Å². The van der Waals surface area contributed by atoms with Gasteiger partial charge in [-0.3, -0.25) is 4.79 Å². The number of fused-ring (bicyclic) bond motifs is 1. The van der Waals surface area contributed by atoms with Gasteiger partial charge in [0.05, 0.1) is 0 Å². The molecule has 0 aliphatic rings. The first-order valence-electron chi connectivity index (χ1n) is 5.20. The van der Waals surface area contributed by atoms with Crippen LogP contribution in [-0.4, -0.2) is 10.9 Å². The van der Waals surface area contributed by atoms with Gasteiger partial charge in [0, 0.05) is 5.56 Å². The van der Waals surface area contributed by atoms with E-state index in [2.05, 4.69) is 5.16 Å². The lowest BCUT2D eigenvalue weighted by atomic mass is 10.1. The Morgan fingerprint density at radius 2 is 2.00 bits per heavy atom. The number of rotatable bonds is 2. The molecule has 2 aromatic heterocycles. The molecule has 0 saturated heterocycles. The standard InChI is InChI=1S/C13H9NO2S/c1-8-2-4-9(5-3-8)11(15)12-13-10(14-16-12)6-7-17-13/h2-7H,1H3. The van der Waals surface area contributed by atoms with Crippen molar-refractivity contribution < 1.29 is 9.32 Å². The summed E-state index contributed by atoms with van der Waals surface area (Å²) in [5, 5.41) is 5.76. The fourth-order valence-electron chi connectivity index (χ4n) is 1.66. The second kappa shape index (κ2) is 3.82. The van der Waals surface area contributed by atoms with E-state index in [0.717, 1.165) is 15.8 Å². The average molecular weight is 243 g/mol. The lowest BCUT2D eigenvalue weighted by Crippen LogP contribution is -1.99. The quantitative estimate of drug-likeness (QED) is 0.647. The fraction of sp³-hybridized carbons (Fsp3) is 0.0769. The Balaban J connectivity index is 2.08. The maximum Gasteiger partial charge on any atom is 0.232 e. The number of benzene rings is 1. The van der Waals surface area contributed by atoms with Crippen molar-refractivity contribution >= 4 is 27.3 Å². The molecule has 1 aromatic carbocycles. The van der Waals surface area contributed by atoms with E-state index in [1.807, 2.05) is 30.5 Å². The van der Waals surface area contributed by atoms with Gasteiger partial charge in [0.2, 0.25) is 11.5 Å². The fourth-order valence-corrected chi connectivity index (χ4v) is 2.46. The summed E-state index contributed by atoms with van der Waals surface area (Å²) < 4.78 is 5.93. The summed E-state index contributed by atoms with van der Waals surface area (Å²) in [4.78, 5) is 12.2. The third-order valence-corrected chi connectivity index (χ3v) is 3.51. The van der Waals surface area contributed by atoms with Crippen LogP contribution >= 0.6 is 11.3 Å². The summed E-state index contributed by atoms with van der Waals surface area (Å²) in [6.07, 6.45) is 0. The smallest absolute Gasteiger partial charge is 0.232 e. The second-order valence-corrected chi connectivity index (χ2v) is 4.76. The van der Waals surface area contributed by atoms with E-state index in [4.69, 9.17) is 4.52 Å². The molecular weight excluding hydrogens is 234 g/mol. The molecule has 0 aliphatic carbocycles. The molecule has 4 heteroatoms. The Hall–Kier alpha value is -1.94. The Labute approximate surface area is 102 Å². The summed E-state index contributed by atoms with van der Waals surface area (Å²) in [5.41, 5.74) is 2.49. The first-order valence-corrected chi connectivity index (χ1v) is 6.08. The minimum Gasteiger partial charge on any atom is -0.351 e. The van der Waals surface area contributed by atoms with E-state index in [0.29, 0.717) is 11.3 Å². The normalized spacial score (nSPS) is 10.9. The molecule has 0 aliphatic heterocycles. The SMILES string of the molecule is Cc1ccc(C(=O)c2onc3ccsc23)cc1. The second-order valence-electron chi connectivity index (χ2n) is 3.84. The molecule has 0 fully saturated rings. The van der Waals surface area contributed by atoms with Gasteiger partial charge in [0.15, 0.2) is 0 Å². The average Bonchev–Trinajstić information content (AvgIpc) is 2.90. The van der Waals surface area contributed by atoms with Crippen LogP contribution in [0.3, 0.4) is 0 Å². The molecule has 0 unspecified atom stereocenters. The number of carbonyl (C=O) groups excluding carboxylic acids is 1. The molecule has 3 nitrogen and oxygen atoms in total. The summed E-state index contributed by atoms with van der Waals surface area (Å²) >= 11 is 1.47. The molecule has 0 N–H and O–H groups in total. The molecule has 0 spiro atoms. The molecule has 0 saturated carbocycles. The molecule has 2 heterocycles. The minimum atomic E-state index is -0.116. The van der Waals surface area contributed by atoms with Crippen LogP contribution in [0.2, 0.25) is 0 Å². The number of ketones is 1. The van der Waals surface area contributed by atoms with Crippen molar-refractivity contribution in [2.45, 2.75) is 6.92 Å². The Bertz CT molecular complexity index is 679. The summed E-state index contributed by atoms with van der Waals surface area (Å²) in [5.74, 6) is 0.216. The van der Waals surface area contributed by atoms with Crippen molar-refractivity contribution in [3.8, 4) is 0 Å². The molecule has 0 radical (unpaired) electrons. The Kier molecular flexibility index (Phi) is 2.30. The van der Waals surface area contributed by atoms with Gasteiger partial charge in [-0.05, 0) is 18.4 Å². The van der Waals surface area contributed by atoms with Crippen LogP contribution in [-0.2, 0) is 0 Å². The van der Waals surface area contributed by atoms with Gasteiger partial charge in [-0.1, -0.05) is 35.0 Å². The highest BCUT2D eigenvalue weighted by Gasteiger charge is 2.19. The molecule has 3 rings (SSSR count). The number of hydrogen-bond donors (Lipinski definition) is 0. The van der Waals surface area contributed by atoms with Gasteiger partial charge in [-0.2, -0.15) is 0 Å². The van der Waals surface area contributed by atoms with Crippen LogP contribution in [0.4, 0.5) is 0 Å². The predicted octanol–water partition coefficient (Wildman–Crippen LogP) is 3.43. The number of carbonyl (C=O) groups is 1. The van der Waals surface area contributed by atoms with Gasteiger partial charge in [0.25, 0.3) is 0 Å². The maximum atomic E-state index is 12.2. The van der Waals surface area contributed by atoms with Crippen LogP contribution < -0.4 is 0 Å². The van der Waals surface area contributed by atoms with Gasteiger partial charge in [-0.25, -0.2) is 0 Å². The highest BCUT2D eigenvalue weighted by atomic mass is 32.1. The van der Waals surface area contributed by atoms with Gasteiger partial charge in [-0.15, -0.1) is 11.3 Å². The Morgan fingerprint density at radius 1 is 1.24 bits per heavy atom. The number of hydrogen-bond acceptors (Lipinski definition) is 4. The zero-order valence-electron chi connectivity index (χ0n) is 9.14. The maximum absolute atomic E-state index is 12.2. The van der Waals surface area contributed by atoms with Crippen LogP contribution in [0.5, 0.6) is 0 Å². The minimum absolute atomic E-state index is 0.116. The molecule has 3 aromatic rings. The largest absolute Gasteiger partial charge is 0.351 e. The first kappa shape index (κ1) is 10.2. The molecular formula is C13H9NO2S. The highest BCUT2D eigenvalue weighted by molar-refractivity contribution is 7.17. The van der Waals surface area contributed by atoms with Crippen LogP contribution in [0.15, 0.2) is 40.2 Å². The third-order valence-electron chi connectivity index (χ3n) is 2.61. The van der Waals surface area contributed by atoms with E-state index in [-0.39, 0.29) is 5.78 Å². The van der Waals surface area contributed by atoms with E-state index in [9.17, 15) is 4.79 Å². The van der Waals surface area contributed by atoms with Crippen molar-refractivity contribution in [1.29, 1.82) is 0 Å².